The Bertz CT molecular complexity index is 315. The summed E-state index contributed by atoms with van der Waals surface area (Å²) in [5.41, 5.74) is 6.19. The van der Waals surface area contributed by atoms with Gasteiger partial charge in [-0.15, -0.1) is 0 Å². The number of ether oxygens (including phenoxy) is 1. The van der Waals surface area contributed by atoms with Crippen molar-refractivity contribution < 1.29 is 9.53 Å². The maximum Gasteiger partial charge on any atom is 0.314 e. The van der Waals surface area contributed by atoms with Crippen LogP contribution in [0.3, 0.4) is 0 Å². The Morgan fingerprint density at radius 2 is 1.80 bits per heavy atom. The molecule has 0 unspecified atom stereocenters. The van der Waals surface area contributed by atoms with Crippen LogP contribution < -0.4 is 10.5 Å². The van der Waals surface area contributed by atoms with Gasteiger partial charge in [-0.05, 0) is 37.1 Å². The molecule has 0 aliphatic carbocycles. The van der Waals surface area contributed by atoms with E-state index in [1.165, 1.54) is 0 Å². The molecule has 0 amide bonds. The lowest BCUT2D eigenvalue weighted by molar-refractivity contribution is -0.139. The number of carbonyl (C=O) groups excluding carboxylic acids is 1. The average molecular weight is 207 g/mol. The highest BCUT2D eigenvalue weighted by atomic mass is 16.5. The van der Waals surface area contributed by atoms with Gasteiger partial charge in [0, 0.05) is 5.69 Å². The van der Waals surface area contributed by atoms with Crippen LogP contribution in [-0.2, 0) is 4.79 Å². The standard InChI is InChI=1S/C12H17NO2/c1-3-9(4-2)12(14)15-11-7-5-10(13)6-8-11/h5-9H,3-4,13H2,1-2H3. The van der Waals surface area contributed by atoms with E-state index in [4.69, 9.17) is 10.5 Å². The first-order valence-electron chi connectivity index (χ1n) is 5.24. The summed E-state index contributed by atoms with van der Waals surface area (Å²) in [5.74, 6) is 0.383. The van der Waals surface area contributed by atoms with E-state index in [0.29, 0.717) is 11.4 Å². The van der Waals surface area contributed by atoms with Gasteiger partial charge in [0.25, 0.3) is 0 Å². The van der Waals surface area contributed by atoms with Crippen molar-refractivity contribution in [3.8, 4) is 5.75 Å². The maximum absolute atomic E-state index is 11.6. The molecule has 0 saturated carbocycles. The molecule has 0 saturated heterocycles. The third-order valence-electron chi connectivity index (χ3n) is 2.42. The van der Waals surface area contributed by atoms with E-state index in [-0.39, 0.29) is 11.9 Å². The third-order valence-corrected chi connectivity index (χ3v) is 2.42. The summed E-state index contributed by atoms with van der Waals surface area (Å²) in [6.45, 7) is 3.97. The van der Waals surface area contributed by atoms with Crippen molar-refractivity contribution in [2.45, 2.75) is 26.7 Å². The van der Waals surface area contributed by atoms with Gasteiger partial charge in [0.15, 0.2) is 0 Å². The summed E-state index contributed by atoms with van der Waals surface area (Å²) in [7, 11) is 0. The summed E-state index contributed by atoms with van der Waals surface area (Å²) < 4.78 is 5.22. The SMILES string of the molecule is CCC(CC)C(=O)Oc1ccc(N)cc1. The molecule has 0 heterocycles. The van der Waals surface area contributed by atoms with Crippen molar-refractivity contribution >= 4 is 11.7 Å². The molecular formula is C12H17NO2. The van der Waals surface area contributed by atoms with Crippen LogP contribution >= 0.6 is 0 Å². The summed E-state index contributed by atoms with van der Waals surface area (Å²) in [5, 5.41) is 0. The molecule has 1 rings (SSSR count). The number of carbonyl (C=O) groups is 1. The van der Waals surface area contributed by atoms with E-state index in [0.717, 1.165) is 12.8 Å². The van der Waals surface area contributed by atoms with Gasteiger partial charge >= 0.3 is 5.97 Å². The summed E-state index contributed by atoms with van der Waals surface area (Å²) in [6, 6.07) is 6.84. The molecule has 3 nitrogen and oxygen atoms in total. The Morgan fingerprint density at radius 3 is 2.27 bits per heavy atom. The molecule has 1 aromatic rings. The Labute approximate surface area is 90.2 Å². The second-order valence-electron chi connectivity index (χ2n) is 3.50. The first-order valence-corrected chi connectivity index (χ1v) is 5.24. The van der Waals surface area contributed by atoms with Crippen molar-refractivity contribution in [1.82, 2.24) is 0 Å². The van der Waals surface area contributed by atoms with Crippen LogP contribution in [0.5, 0.6) is 5.75 Å². The molecule has 1 aromatic carbocycles. The number of nitrogens with two attached hydrogens (primary N) is 1. The molecule has 0 aromatic heterocycles. The van der Waals surface area contributed by atoms with Crippen molar-refractivity contribution in [2.24, 2.45) is 5.92 Å². The number of esters is 1. The number of anilines is 1. The smallest absolute Gasteiger partial charge is 0.314 e. The topological polar surface area (TPSA) is 52.3 Å². The Hall–Kier alpha value is -1.51. The lowest BCUT2D eigenvalue weighted by atomic mass is 10.0. The van der Waals surface area contributed by atoms with E-state index in [2.05, 4.69) is 0 Å². The fourth-order valence-corrected chi connectivity index (χ4v) is 1.36. The van der Waals surface area contributed by atoms with Gasteiger partial charge in [-0.3, -0.25) is 4.79 Å². The van der Waals surface area contributed by atoms with E-state index in [1.54, 1.807) is 24.3 Å². The minimum Gasteiger partial charge on any atom is -0.426 e. The van der Waals surface area contributed by atoms with Gasteiger partial charge in [-0.1, -0.05) is 13.8 Å². The molecule has 0 spiro atoms. The van der Waals surface area contributed by atoms with Crippen molar-refractivity contribution in [3.63, 3.8) is 0 Å². The zero-order valence-corrected chi connectivity index (χ0v) is 9.19. The van der Waals surface area contributed by atoms with Gasteiger partial charge in [0.05, 0.1) is 5.92 Å². The van der Waals surface area contributed by atoms with Gasteiger partial charge < -0.3 is 10.5 Å². The van der Waals surface area contributed by atoms with Crippen LogP contribution in [0.1, 0.15) is 26.7 Å². The highest BCUT2D eigenvalue weighted by Gasteiger charge is 2.16. The van der Waals surface area contributed by atoms with Crippen LogP contribution in [0.4, 0.5) is 5.69 Å². The summed E-state index contributed by atoms with van der Waals surface area (Å²) in [4.78, 5) is 11.6. The Balaban J connectivity index is 2.61. The van der Waals surface area contributed by atoms with Gasteiger partial charge in [0.2, 0.25) is 0 Å². The molecule has 0 aliphatic heterocycles. The monoisotopic (exact) mass is 207 g/mol. The van der Waals surface area contributed by atoms with Crippen molar-refractivity contribution in [1.29, 1.82) is 0 Å². The summed E-state index contributed by atoms with van der Waals surface area (Å²) >= 11 is 0. The predicted molar refractivity (Wildman–Crippen MR) is 60.6 cm³/mol. The molecule has 3 heteroatoms. The number of benzene rings is 1. The lowest BCUT2D eigenvalue weighted by Gasteiger charge is -2.11. The Kier molecular flexibility index (Phi) is 4.16. The second-order valence-corrected chi connectivity index (χ2v) is 3.50. The number of hydrogen-bond donors (Lipinski definition) is 1. The second kappa shape index (κ2) is 5.39. The molecule has 15 heavy (non-hydrogen) atoms. The zero-order chi connectivity index (χ0) is 11.3. The van der Waals surface area contributed by atoms with E-state index < -0.39 is 0 Å². The first-order chi connectivity index (χ1) is 7.17. The summed E-state index contributed by atoms with van der Waals surface area (Å²) in [6.07, 6.45) is 1.62. The molecule has 0 bridgehead atoms. The molecule has 0 radical (unpaired) electrons. The minimum atomic E-state index is -0.162. The maximum atomic E-state index is 11.6. The fourth-order valence-electron chi connectivity index (χ4n) is 1.36. The highest BCUT2D eigenvalue weighted by Crippen LogP contribution is 2.17. The number of nitrogen functional groups attached to an aromatic ring is 1. The molecule has 0 aliphatic rings. The number of rotatable bonds is 4. The normalized spacial score (nSPS) is 10.3. The minimum absolute atomic E-state index is 0.0115. The molecule has 0 fully saturated rings. The zero-order valence-electron chi connectivity index (χ0n) is 9.19. The van der Waals surface area contributed by atoms with Gasteiger partial charge in [0.1, 0.15) is 5.75 Å². The molecular weight excluding hydrogens is 190 g/mol. The average Bonchev–Trinajstić information content (AvgIpc) is 2.23. The van der Waals surface area contributed by atoms with Crippen LogP contribution in [0.2, 0.25) is 0 Å². The predicted octanol–water partition coefficient (Wildman–Crippen LogP) is 2.61. The largest absolute Gasteiger partial charge is 0.426 e. The van der Waals surface area contributed by atoms with E-state index in [9.17, 15) is 4.79 Å². The van der Waals surface area contributed by atoms with Crippen molar-refractivity contribution in [3.05, 3.63) is 24.3 Å². The van der Waals surface area contributed by atoms with E-state index >= 15 is 0 Å². The van der Waals surface area contributed by atoms with Crippen molar-refractivity contribution in [2.75, 3.05) is 5.73 Å². The number of hydrogen-bond acceptors (Lipinski definition) is 3. The van der Waals surface area contributed by atoms with Gasteiger partial charge in [-0.2, -0.15) is 0 Å². The molecule has 82 valence electrons. The van der Waals surface area contributed by atoms with Crippen LogP contribution in [0.15, 0.2) is 24.3 Å². The van der Waals surface area contributed by atoms with Crippen LogP contribution in [0, 0.1) is 5.92 Å². The van der Waals surface area contributed by atoms with Crippen LogP contribution in [-0.4, -0.2) is 5.97 Å². The molecule has 2 N–H and O–H groups in total. The third kappa shape index (κ3) is 3.27. The molecule has 0 atom stereocenters. The first kappa shape index (κ1) is 11.6. The van der Waals surface area contributed by atoms with E-state index in [1.807, 2.05) is 13.8 Å². The van der Waals surface area contributed by atoms with Crippen LogP contribution in [0.25, 0.3) is 0 Å². The lowest BCUT2D eigenvalue weighted by Crippen LogP contribution is -2.19. The fraction of sp³-hybridized carbons (Fsp3) is 0.417. The highest BCUT2D eigenvalue weighted by molar-refractivity contribution is 5.75. The quantitative estimate of drug-likeness (QED) is 0.469. The Morgan fingerprint density at radius 1 is 1.27 bits per heavy atom. The van der Waals surface area contributed by atoms with Gasteiger partial charge in [-0.25, -0.2) is 0 Å².